The number of carbonyl (C=O) groups is 3. The highest BCUT2D eigenvalue weighted by atomic mass is 79.9. The topological polar surface area (TPSA) is 87.3 Å². The van der Waals surface area contributed by atoms with E-state index >= 15 is 0 Å². The molecule has 148 valence electrons. The molecule has 0 atom stereocenters. The first kappa shape index (κ1) is 21.6. The molecule has 0 unspecified atom stereocenters. The van der Waals surface area contributed by atoms with Crippen LogP contribution in [0.3, 0.4) is 0 Å². The molecule has 2 aromatic carbocycles. The molecule has 8 heteroatoms. The van der Waals surface area contributed by atoms with Crippen LogP contribution in [0, 0.1) is 5.82 Å². The second-order valence-electron chi connectivity index (χ2n) is 5.99. The van der Waals surface area contributed by atoms with Gasteiger partial charge in [0.1, 0.15) is 5.82 Å². The summed E-state index contributed by atoms with van der Waals surface area (Å²) in [5, 5.41) is 7.96. The van der Waals surface area contributed by atoms with Crippen molar-refractivity contribution in [1.82, 2.24) is 16.0 Å². The molecule has 0 fully saturated rings. The molecule has 2 rings (SSSR count). The van der Waals surface area contributed by atoms with Gasteiger partial charge in [-0.15, -0.1) is 0 Å². The molecular formula is C20H21BrFN3O3. The van der Waals surface area contributed by atoms with Crippen LogP contribution in [0.2, 0.25) is 0 Å². The summed E-state index contributed by atoms with van der Waals surface area (Å²) in [6, 6.07) is 13.2. The van der Waals surface area contributed by atoms with Gasteiger partial charge in [-0.2, -0.15) is 0 Å². The molecule has 0 aliphatic carbocycles. The maximum absolute atomic E-state index is 13.2. The van der Waals surface area contributed by atoms with Gasteiger partial charge in [0.2, 0.25) is 11.8 Å². The third kappa shape index (κ3) is 7.48. The van der Waals surface area contributed by atoms with Crippen molar-refractivity contribution in [2.45, 2.75) is 12.8 Å². The summed E-state index contributed by atoms with van der Waals surface area (Å²) in [6.07, 6.45) is 0.368. The van der Waals surface area contributed by atoms with Crippen LogP contribution >= 0.6 is 15.9 Å². The Morgan fingerprint density at radius 1 is 0.857 bits per heavy atom. The molecule has 28 heavy (non-hydrogen) atoms. The smallest absolute Gasteiger partial charge is 0.252 e. The van der Waals surface area contributed by atoms with Gasteiger partial charge in [0, 0.05) is 30.5 Å². The Hall–Kier alpha value is -2.74. The van der Waals surface area contributed by atoms with E-state index in [2.05, 4.69) is 31.9 Å². The van der Waals surface area contributed by atoms with Gasteiger partial charge in [0.05, 0.1) is 12.0 Å². The molecule has 0 aromatic heterocycles. The lowest BCUT2D eigenvalue weighted by Crippen LogP contribution is -2.36. The van der Waals surface area contributed by atoms with Crippen LogP contribution in [0.1, 0.15) is 22.3 Å². The number of benzene rings is 2. The highest BCUT2D eigenvalue weighted by Gasteiger charge is 2.11. The minimum absolute atomic E-state index is 0.0800. The van der Waals surface area contributed by atoms with Crippen LogP contribution in [-0.2, 0) is 16.0 Å². The van der Waals surface area contributed by atoms with Crippen molar-refractivity contribution >= 4 is 33.7 Å². The van der Waals surface area contributed by atoms with E-state index in [1.54, 1.807) is 0 Å². The van der Waals surface area contributed by atoms with Crippen molar-refractivity contribution < 1.29 is 18.8 Å². The average Bonchev–Trinajstić information content (AvgIpc) is 2.68. The van der Waals surface area contributed by atoms with E-state index in [0.717, 1.165) is 11.6 Å². The predicted octanol–water partition coefficient (Wildman–Crippen LogP) is 2.18. The Morgan fingerprint density at radius 2 is 1.54 bits per heavy atom. The number of nitrogens with one attached hydrogen (secondary N) is 3. The van der Waals surface area contributed by atoms with E-state index < -0.39 is 11.7 Å². The summed E-state index contributed by atoms with van der Waals surface area (Å²) < 4.78 is 13.7. The number of hydrogen-bond acceptors (Lipinski definition) is 3. The molecule has 3 amide bonds. The van der Waals surface area contributed by atoms with E-state index in [1.165, 1.54) is 12.1 Å². The first-order chi connectivity index (χ1) is 13.5. The van der Waals surface area contributed by atoms with E-state index in [9.17, 15) is 18.8 Å². The van der Waals surface area contributed by atoms with Crippen molar-refractivity contribution in [2.75, 3.05) is 19.6 Å². The lowest BCUT2D eigenvalue weighted by Gasteiger charge is -2.09. The zero-order chi connectivity index (χ0) is 20.4. The van der Waals surface area contributed by atoms with E-state index in [0.29, 0.717) is 17.6 Å². The molecular weight excluding hydrogens is 429 g/mol. The maximum Gasteiger partial charge on any atom is 0.252 e. The van der Waals surface area contributed by atoms with Crippen molar-refractivity contribution in [2.24, 2.45) is 0 Å². The minimum atomic E-state index is -0.514. The second kappa shape index (κ2) is 11.2. The van der Waals surface area contributed by atoms with Crippen LogP contribution in [0.25, 0.3) is 0 Å². The van der Waals surface area contributed by atoms with Gasteiger partial charge in [0.25, 0.3) is 5.91 Å². The summed E-state index contributed by atoms with van der Waals surface area (Å²) in [6.45, 7) is 0.733. The third-order valence-corrected chi connectivity index (χ3v) is 4.48. The SMILES string of the molecule is O=C(CCNC(=O)c1cc(F)ccc1Br)NCCNC(=O)Cc1ccccc1. The van der Waals surface area contributed by atoms with Crippen molar-refractivity contribution in [3.8, 4) is 0 Å². The Kier molecular flexibility index (Phi) is 8.61. The number of hydrogen-bond donors (Lipinski definition) is 3. The molecule has 2 aromatic rings. The Balaban J connectivity index is 1.59. The largest absolute Gasteiger partial charge is 0.354 e. The molecule has 0 bridgehead atoms. The summed E-state index contributed by atoms with van der Waals surface area (Å²) >= 11 is 3.19. The minimum Gasteiger partial charge on any atom is -0.354 e. The zero-order valence-corrected chi connectivity index (χ0v) is 16.7. The quantitative estimate of drug-likeness (QED) is 0.512. The normalized spacial score (nSPS) is 10.2. The lowest BCUT2D eigenvalue weighted by atomic mass is 10.1. The van der Waals surface area contributed by atoms with Gasteiger partial charge in [-0.1, -0.05) is 30.3 Å². The van der Waals surface area contributed by atoms with Crippen molar-refractivity contribution in [1.29, 1.82) is 0 Å². The lowest BCUT2D eigenvalue weighted by molar-refractivity contribution is -0.122. The van der Waals surface area contributed by atoms with E-state index in [1.807, 2.05) is 30.3 Å². The second-order valence-corrected chi connectivity index (χ2v) is 6.85. The number of amides is 3. The number of halogens is 2. The fourth-order valence-electron chi connectivity index (χ4n) is 2.39. The fraction of sp³-hybridized carbons (Fsp3) is 0.250. The monoisotopic (exact) mass is 449 g/mol. The summed E-state index contributed by atoms with van der Waals surface area (Å²) in [4.78, 5) is 35.6. The maximum atomic E-state index is 13.2. The highest BCUT2D eigenvalue weighted by molar-refractivity contribution is 9.10. The van der Waals surface area contributed by atoms with Crippen LogP contribution in [0.5, 0.6) is 0 Å². The molecule has 0 aliphatic heterocycles. The Morgan fingerprint density at radius 3 is 2.25 bits per heavy atom. The average molecular weight is 450 g/mol. The fourth-order valence-corrected chi connectivity index (χ4v) is 2.82. The molecule has 3 N–H and O–H groups in total. The molecule has 0 saturated heterocycles. The van der Waals surface area contributed by atoms with Gasteiger partial charge in [-0.3, -0.25) is 14.4 Å². The van der Waals surface area contributed by atoms with Crippen molar-refractivity contribution in [3.63, 3.8) is 0 Å². The third-order valence-electron chi connectivity index (χ3n) is 3.79. The predicted molar refractivity (Wildman–Crippen MR) is 107 cm³/mol. The summed E-state index contributed by atoms with van der Waals surface area (Å²) in [7, 11) is 0. The summed E-state index contributed by atoms with van der Waals surface area (Å²) in [5.74, 6) is -1.35. The standard InChI is InChI=1S/C20H21BrFN3O3/c21-17-7-6-15(22)13-16(17)20(28)25-9-8-18(26)23-10-11-24-19(27)12-14-4-2-1-3-5-14/h1-7,13H,8-12H2,(H,23,26)(H,24,27)(H,25,28). The first-order valence-corrected chi connectivity index (χ1v) is 9.55. The van der Waals surface area contributed by atoms with Crippen LogP contribution in [0.4, 0.5) is 4.39 Å². The van der Waals surface area contributed by atoms with Gasteiger partial charge >= 0.3 is 0 Å². The Labute approximate surface area is 171 Å². The number of rotatable bonds is 9. The molecule has 0 aliphatic rings. The molecule has 0 radical (unpaired) electrons. The molecule has 0 saturated carbocycles. The summed E-state index contributed by atoms with van der Waals surface area (Å²) in [5.41, 5.74) is 1.09. The Bertz CT molecular complexity index is 831. The van der Waals surface area contributed by atoms with Gasteiger partial charge < -0.3 is 16.0 Å². The van der Waals surface area contributed by atoms with Gasteiger partial charge in [-0.25, -0.2) is 4.39 Å². The van der Waals surface area contributed by atoms with E-state index in [4.69, 9.17) is 0 Å². The van der Waals surface area contributed by atoms with E-state index in [-0.39, 0.29) is 36.8 Å². The van der Waals surface area contributed by atoms with Gasteiger partial charge in [-0.05, 0) is 39.7 Å². The van der Waals surface area contributed by atoms with Crippen LogP contribution in [0.15, 0.2) is 53.0 Å². The van der Waals surface area contributed by atoms with Crippen LogP contribution < -0.4 is 16.0 Å². The van der Waals surface area contributed by atoms with Gasteiger partial charge in [0.15, 0.2) is 0 Å². The van der Waals surface area contributed by atoms with Crippen LogP contribution in [-0.4, -0.2) is 37.4 Å². The zero-order valence-electron chi connectivity index (χ0n) is 15.1. The molecule has 0 spiro atoms. The van der Waals surface area contributed by atoms with Crippen molar-refractivity contribution in [3.05, 3.63) is 69.9 Å². The molecule has 0 heterocycles. The number of carbonyl (C=O) groups excluding carboxylic acids is 3. The first-order valence-electron chi connectivity index (χ1n) is 8.76. The molecule has 6 nitrogen and oxygen atoms in total. The highest BCUT2D eigenvalue weighted by Crippen LogP contribution is 2.17.